The van der Waals surface area contributed by atoms with Crippen molar-refractivity contribution in [3.8, 4) is 0 Å². The number of halogens is 6. The maximum Gasteiger partial charge on any atom is 0.490 e. The van der Waals surface area contributed by atoms with Gasteiger partial charge in [0.05, 0.1) is 6.42 Å². The Labute approximate surface area is 210 Å². The van der Waals surface area contributed by atoms with Gasteiger partial charge >= 0.3 is 12.1 Å². The molecule has 37 heavy (non-hydrogen) atoms. The number of nitrogens with zero attached hydrogens (tertiary/aromatic N) is 2. The Morgan fingerprint density at radius 1 is 0.838 bits per heavy atom. The number of hydrogen-bond donors (Lipinski definition) is 1. The summed E-state index contributed by atoms with van der Waals surface area (Å²) < 4.78 is 72.2. The van der Waals surface area contributed by atoms with Gasteiger partial charge in [-0.05, 0) is 74.0 Å². The van der Waals surface area contributed by atoms with E-state index < -0.39 is 23.8 Å². The normalized spacial score (nSPS) is 20.3. The highest BCUT2D eigenvalue weighted by Gasteiger charge is 2.42. The number of alkyl halides is 3. The number of carbonyl (C=O) groups is 2. The van der Waals surface area contributed by atoms with Crippen LogP contribution in [0, 0.1) is 17.5 Å². The van der Waals surface area contributed by atoms with Crippen molar-refractivity contribution in [1.82, 2.24) is 9.80 Å². The van der Waals surface area contributed by atoms with Crippen LogP contribution in [0.5, 0.6) is 0 Å². The molecule has 2 saturated heterocycles. The second kappa shape index (κ2) is 12.0. The molecule has 1 spiro atoms. The minimum atomic E-state index is -5.08. The second-order valence-electron chi connectivity index (χ2n) is 9.37. The fraction of sp³-hybridized carbons (Fsp3) is 0.462. The molecule has 0 aliphatic carbocycles. The Morgan fingerprint density at radius 3 is 2.03 bits per heavy atom. The Bertz CT molecular complexity index is 1090. The van der Waals surface area contributed by atoms with Crippen molar-refractivity contribution in [1.29, 1.82) is 0 Å². The van der Waals surface area contributed by atoms with E-state index in [1.165, 1.54) is 18.2 Å². The third kappa shape index (κ3) is 7.95. The molecule has 4 rings (SSSR count). The molecule has 5 nitrogen and oxygen atoms in total. The lowest BCUT2D eigenvalue weighted by atomic mass is 9.87. The second-order valence-corrected chi connectivity index (χ2v) is 9.37. The first-order chi connectivity index (χ1) is 17.4. The smallest absolute Gasteiger partial charge is 0.475 e. The van der Waals surface area contributed by atoms with Gasteiger partial charge in [0.2, 0.25) is 5.91 Å². The molecule has 2 heterocycles. The first-order valence-electron chi connectivity index (χ1n) is 11.9. The number of benzene rings is 2. The van der Waals surface area contributed by atoms with Crippen LogP contribution < -0.4 is 0 Å². The van der Waals surface area contributed by atoms with Gasteiger partial charge in [0.1, 0.15) is 17.5 Å². The summed E-state index contributed by atoms with van der Waals surface area (Å²) in [5, 5.41) is 7.12. The highest BCUT2D eigenvalue weighted by Crippen LogP contribution is 2.39. The van der Waals surface area contributed by atoms with Gasteiger partial charge in [-0.25, -0.2) is 18.0 Å². The summed E-state index contributed by atoms with van der Waals surface area (Å²) in [6.07, 6.45) is -0.130. The van der Waals surface area contributed by atoms with Gasteiger partial charge in [-0.1, -0.05) is 12.1 Å². The zero-order chi connectivity index (χ0) is 27.2. The van der Waals surface area contributed by atoms with Crippen LogP contribution in [-0.4, -0.2) is 58.1 Å². The van der Waals surface area contributed by atoms with Gasteiger partial charge in [0.15, 0.2) is 0 Å². The molecule has 2 aliphatic heterocycles. The SMILES string of the molecule is O=C(Cc1cc(F)cc(F)c1)N1CCCC2(CCCN2Cc2cccc(F)c2)CC1.O=C(O)C(F)(F)F. The van der Waals surface area contributed by atoms with Crippen molar-refractivity contribution in [2.24, 2.45) is 0 Å². The molecule has 0 radical (unpaired) electrons. The predicted octanol–water partition coefficient (Wildman–Crippen LogP) is 5.33. The summed E-state index contributed by atoms with van der Waals surface area (Å²) >= 11 is 0. The van der Waals surface area contributed by atoms with Crippen LogP contribution in [-0.2, 0) is 22.6 Å². The van der Waals surface area contributed by atoms with Crippen LogP contribution in [0.25, 0.3) is 0 Å². The lowest BCUT2D eigenvalue weighted by Gasteiger charge is -2.38. The molecule has 2 aromatic rings. The average molecular weight is 531 g/mol. The molecular weight excluding hydrogens is 502 g/mol. The van der Waals surface area contributed by atoms with Crippen molar-refractivity contribution in [3.63, 3.8) is 0 Å². The van der Waals surface area contributed by atoms with Crippen LogP contribution in [0.3, 0.4) is 0 Å². The summed E-state index contributed by atoms with van der Waals surface area (Å²) in [6, 6.07) is 10.0. The van der Waals surface area contributed by atoms with Crippen molar-refractivity contribution >= 4 is 11.9 Å². The number of carboxylic acid groups (broad SMARTS) is 1. The molecule has 0 bridgehead atoms. The molecule has 2 fully saturated rings. The fourth-order valence-corrected chi connectivity index (χ4v) is 5.09. The topological polar surface area (TPSA) is 60.9 Å². The molecule has 2 aromatic carbocycles. The summed E-state index contributed by atoms with van der Waals surface area (Å²) in [7, 11) is 0. The van der Waals surface area contributed by atoms with E-state index in [-0.39, 0.29) is 23.7 Å². The first-order valence-corrected chi connectivity index (χ1v) is 11.9. The van der Waals surface area contributed by atoms with E-state index >= 15 is 0 Å². The van der Waals surface area contributed by atoms with E-state index in [0.717, 1.165) is 50.3 Å². The lowest BCUT2D eigenvalue weighted by molar-refractivity contribution is -0.192. The van der Waals surface area contributed by atoms with Crippen molar-refractivity contribution in [3.05, 3.63) is 71.0 Å². The maximum atomic E-state index is 13.6. The number of rotatable bonds is 4. The van der Waals surface area contributed by atoms with Crippen molar-refractivity contribution in [2.75, 3.05) is 19.6 Å². The van der Waals surface area contributed by atoms with E-state index in [1.807, 2.05) is 11.0 Å². The zero-order valence-electron chi connectivity index (χ0n) is 20.0. The molecule has 1 atom stereocenters. The minimum absolute atomic E-state index is 0.00862. The molecule has 11 heteroatoms. The summed E-state index contributed by atoms with van der Waals surface area (Å²) in [6.45, 7) is 2.99. The van der Waals surface area contributed by atoms with Crippen LogP contribution in [0.4, 0.5) is 26.3 Å². The standard InChI is InChI=1S/C24H27F3N2O.C2HF3O2/c25-20-5-1-4-18(12-20)17-29-10-3-7-24(29)6-2-9-28(11-8-24)23(30)15-19-13-21(26)16-22(27)14-19;3-2(4,5)1(6)7/h1,4-5,12-14,16H,2-3,6-11,15,17H2;(H,6,7). The van der Waals surface area contributed by atoms with E-state index in [9.17, 15) is 31.1 Å². The number of hydrogen-bond acceptors (Lipinski definition) is 3. The number of carboxylic acids is 1. The molecule has 1 amide bonds. The minimum Gasteiger partial charge on any atom is -0.475 e. The number of amides is 1. The van der Waals surface area contributed by atoms with Crippen LogP contribution >= 0.6 is 0 Å². The Kier molecular flexibility index (Phi) is 9.22. The monoisotopic (exact) mass is 530 g/mol. The predicted molar refractivity (Wildman–Crippen MR) is 123 cm³/mol. The summed E-state index contributed by atoms with van der Waals surface area (Å²) in [4.78, 5) is 26.0. The quantitative estimate of drug-likeness (QED) is 0.544. The van der Waals surface area contributed by atoms with Gasteiger partial charge in [-0.2, -0.15) is 13.2 Å². The molecule has 2 aliphatic rings. The molecule has 202 valence electrons. The van der Waals surface area contributed by atoms with E-state index in [2.05, 4.69) is 4.90 Å². The van der Waals surface area contributed by atoms with Crippen molar-refractivity contribution < 1.29 is 41.0 Å². The lowest BCUT2D eigenvalue weighted by Crippen LogP contribution is -2.44. The van der Waals surface area contributed by atoms with E-state index in [0.29, 0.717) is 25.2 Å². The first kappa shape index (κ1) is 28.5. The molecule has 1 N–H and O–H groups in total. The van der Waals surface area contributed by atoms with Crippen LogP contribution in [0.15, 0.2) is 42.5 Å². The summed E-state index contributed by atoms with van der Waals surface area (Å²) in [5.74, 6) is -4.38. The van der Waals surface area contributed by atoms with E-state index in [4.69, 9.17) is 9.90 Å². The fourth-order valence-electron chi connectivity index (χ4n) is 5.09. The highest BCUT2D eigenvalue weighted by molar-refractivity contribution is 5.78. The zero-order valence-corrected chi connectivity index (χ0v) is 20.0. The highest BCUT2D eigenvalue weighted by atomic mass is 19.4. The number of likely N-dealkylation sites (tertiary alicyclic amines) is 2. The molecule has 0 aromatic heterocycles. The van der Waals surface area contributed by atoms with Gasteiger partial charge in [-0.3, -0.25) is 9.69 Å². The average Bonchev–Trinajstić information content (AvgIpc) is 3.03. The molecule has 0 saturated carbocycles. The number of carbonyl (C=O) groups excluding carboxylic acids is 1. The maximum absolute atomic E-state index is 13.6. The third-order valence-corrected chi connectivity index (χ3v) is 6.79. The van der Waals surface area contributed by atoms with Crippen molar-refractivity contribution in [2.45, 2.75) is 56.8 Å². The van der Waals surface area contributed by atoms with Gasteiger partial charge in [0, 0.05) is 31.2 Å². The van der Waals surface area contributed by atoms with Gasteiger partial charge in [0.25, 0.3) is 0 Å². The van der Waals surface area contributed by atoms with Crippen LogP contribution in [0.1, 0.15) is 43.2 Å². The van der Waals surface area contributed by atoms with E-state index in [1.54, 1.807) is 12.1 Å². The van der Waals surface area contributed by atoms with Crippen LogP contribution in [0.2, 0.25) is 0 Å². The Balaban J connectivity index is 0.000000479. The Morgan fingerprint density at radius 2 is 1.43 bits per heavy atom. The number of aliphatic carboxylic acids is 1. The largest absolute Gasteiger partial charge is 0.490 e. The van der Waals surface area contributed by atoms with Gasteiger partial charge in [-0.15, -0.1) is 0 Å². The van der Waals surface area contributed by atoms with Gasteiger partial charge < -0.3 is 10.0 Å². The third-order valence-electron chi connectivity index (χ3n) is 6.79. The Hall–Kier alpha value is -3.08. The molecular formula is C26H28F6N2O3. The summed E-state index contributed by atoms with van der Waals surface area (Å²) in [5.41, 5.74) is 1.37. The molecule has 1 unspecified atom stereocenters.